The van der Waals surface area contributed by atoms with Crippen molar-refractivity contribution in [2.24, 2.45) is 0 Å². The highest BCUT2D eigenvalue weighted by molar-refractivity contribution is 5.37. The Bertz CT molecular complexity index is 320. The molecule has 1 aliphatic carbocycles. The van der Waals surface area contributed by atoms with E-state index in [1.54, 1.807) is 0 Å². The third-order valence-corrected chi connectivity index (χ3v) is 3.35. The zero-order chi connectivity index (χ0) is 11.4. The van der Waals surface area contributed by atoms with Crippen LogP contribution in [-0.2, 0) is 6.61 Å². The van der Waals surface area contributed by atoms with E-state index in [1.165, 1.54) is 32.1 Å². The number of hydrogen-bond donors (Lipinski definition) is 1. The quantitative estimate of drug-likeness (QED) is 0.844. The Morgan fingerprint density at radius 3 is 2.56 bits per heavy atom. The van der Waals surface area contributed by atoms with E-state index in [9.17, 15) is 0 Å². The molecular formula is C12H19N3O. The van der Waals surface area contributed by atoms with Gasteiger partial charge in [0, 0.05) is 13.1 Å². The Morgan fingerprint density at radius 2 is 2.00 bits per heavy atom. The lowest BCUT2D eigenvalue weighted by Gasteiger charge is -2.31. The predicted molar refractivity (Wildman–Crippen MR) is 63.2 cm³/mol. The topological polar surface area (TPSA) is 49.2 Å². The first-order chi connectivity index (χ1) is 7.81. The fraction of sp³-hybridized carbons (Fsp3) is 0.667. The molecule has 0 amide bonds. The van der Waals surface area contributed by atoms with Crippen LogP contribution in [0.15, 0.2) is 12.1 Å². The Hall–Kier alpha value is -1.16. The molecule has 0 bridgehead atoms. The van der Waals surface area contributed by atoms with Crippen LogP contribution in [0.5, 0.6) is 0 Å². The smallest absolute Gasteiger partial charge is 0.151 e. The molecule has 0 saturated heterocycles. The summed E-state index contributed by atoms with van der Waals surface area (Å²) in [5.74, 6) is 0.907. The van der Waals surface area contributed by atoms with Crippen LogP contribution in [0, 0.1) is 0 Å². The maximum atomic E-state index is 8.90. The van der Waals surface area contributed by atoms with Crippen molar-refractivity contribution >= 4 is 5.82 Å². The summed E-state index contributed by atoms with van der Waals surface area (Å²) >= 11 is 0. The lowest BCUT2D eigenvalue weighted by molar-refractivity contribution is 0.275. The number of rotatable bonds is 3. The van der Waals surface area contributed by atoms with Gasteiger partial charge in [0.2, 0.25) is 0 Å². The standard InChI is InChI=1S/C12H19N3O/c1-15(11-5-3-2-4-6-11)12-8-7-10(9-16)13-14-12/h7-8,11,16H,2-6,9H2,1H3. The van der Waals surface area contributed by atoms with Crippen LogP contribution >= 0.6 is 0 Å². The zero-order valence-corrected chi connectivity index (χ0v) is 9.76. The first-order valence-corrected chi connectivity index (χ1v) is 5.97. The Kier molecular flexibility index (Phi) is 3.72. The minimum absolute atomic E-state index is 0.0412. The number of aromatic nitrogens is 2. The Labute approximate surface area is 96.3 Å². The number of nitrogens with zero attached hydrogens (tertiary/aromatic N) is 3. The molecule has 0 aromatic carbocycles. The highest BCUT2D eigenvalue weighted by atomic mass is 16.3. The minimum atomic E-state index is -0.0412. The summed E-state index contributed by atoms with van der Waals surface area (Å²) in [7, 11) is 2.08. The molecule has 1 saturated carbocycles. The van der Waals surface area contributed by atoms with E-state index in [2.05, 4.69) is 22.1 Å². The second-order valence-corrected chi connectivity index (χ2v) is 4.44. The lowest BCUT2D eigenvalue weighted by atomic mass is 9.94. The molecule has 4 nitrogen and oxygen atoms in total. The van der Waals surface area contributed by atoms with Crippen molar-refractivity contribution in [3.63, 3.8) is 0 Å². The molecule has 88 valence electrons. The molecule has 1 fully saturated rings. The Balaban J connectivity index is 2.04. The largest absolute Gasteiger partial charge is 0.390 e. The van der Waals surface area contributed by atoms with Gasteiger partial charge in [-0.1, -0.05) is 19.3 Å². The molecular weight excluding hydrogens is 202 g/mol. The van der Waals surface area contributed by atoms with Crippen molar-refractivity contribution in [2.45, 2.75) is 44.8 Å². The average Bonchev–Trinajstić information content (AvgIpc) is 2.39. The highest BCUT2D eigenvalue weighted by Crippen LogP contribution is 2.24. The summed E-state index contributed by atoms with van der Waals surface area (Å²) in [4.78, 5) is 2.22. The molecule has 0 radical (unpaired) electrons. The van der Waals surface area contributed by atoms with Crippen LogP contribution in [0.3, 0.4) is 0 Å². The van der Waals surface area contributed by atoms with E-state index in [-0.39, 0.29) is 6.61 Å². The van der Waals surface area contributed by atoms with E-state index >= 15 is 0 Å². The van der Waals surface area contributed by atoms with Gasteiger partial charge in [-0.25, -0.2) is 0 Å². The maximum Gasteiger partial charge on any atom is 0.151 e. The fourth-order valence-corrected chi connectivity index (χ4v) is 2.28. The third-order valence-electron chi connectivity index (χ3n) is 3.35. The maximum absolute atomic E-state index is 8.90. The van der Waals surface area contributed by atoms with Crippen molar-refractivity contribution in [1.82, 2.24) is 10.2 Å². The Morgan fingerprint density at radius 1 is 1.25 bits per heavy atom. The van der Waals surface area contributed by atoms with Crippen LogP contribution < -0.4 is 4.90 Å². The number of anilines is 1. The van der Waals surface area contributed by atoms with Crippen molar-refractivity contribution in [1.29, 1.82) is 0 Å². The lowest BCUT2D eigenvalue weighted by Crippen LogP contribution is -2.34. The first kappa shape index (κ1) is 11.3. The van der Waals surface area contributed by atoms with Gasteiger partial charge < -0.3 is 10.0 Å². The van der Waals surface area contributed by atoms with Gasteiger partial charge >= 0.3 is 0 Å². The monoisotopic (exact) mass is 221 g/mol. The molecule has 1 N–H and O–H groups in total. The molecule has 0 spiro atoms. The number of aliphatic hydroxyl groups is 1. The summed E-state index contributed by atoms with van der Waals surface area (Å²) in [5, 5.41) is 17.0. The van der Waals surface area contributed by atoms with Crippen LogP contribution in [0.25, 0.3) is 0 Å². The van der Waals surface area contributed by atoms with Gasteiger partial charge in [0.05, 0.1) is 12.3 Å². The van der Waals surface area contributed by atoms with Crippen molar-refractivity contribution in [2.75, 3.05) is 11.9 Å². The van der Waals surface area contributed by atoms with Crippen molar-refractivity contribution < 1.29 is 5.11 Å². The molecule has 0 atom stereocenters. The molecule has 4 heteroatoms. The van der Waals surface area contributed by atoms with Crippen LogP contribution in [0.1, 0.15) is 37.8 Å². The molecule has 16 heavy (non-hydrogen) atoms. The van der Waals surface area contributed by atoms with E-state index in [1.807, 2.05) is 12.1 Å². The predicted octanol–water partition coefficient (Wildman–Crippen LogP) is 1.74. The number of hydrogen-bond acceptors (Lipinski definition) is 4. The van der Waals surface area contributed by atoms with E-state index in [0.29, 0.717) is 11.7 Å². The fourth-order valence-electron chi connectivity index (χ4n) is 2.28. The summed E-state index contributed by atoms with van der Waals surface area (Å²) < 4.78 is 0. The molecule has 1 aromatic heterocycles. The third kappa shape index (κ3) is 2.50. The second kappa shape index (κ2) is 5.25. The highest BCUT2D eigenvalue weighted by Gasteiger charge is 2.19. The van der Waals surface area contributed by atoms with Gasteiger partial charge in [-0.05, 0) is 25.0 Å². The van der Waals surface area contributed by atoms with Crippen molar-refractivity contribution in [3.05, 3.63) is 17.8 Å². The van der Waals surface area contributed by atoms with Gasteiger partial charge in [0.15, 0.2) is 5.82 Å². The van der Waals surface area contributed by atoms with E-state index in [4.69, 9.17) is 5.11 Å². The summed E-state index contributed by atoms with van der Waals surface area (Å²) in [6.45, 7) is -0.0412. The molecule has 1 heterocycles. The average molecular weight is 221 g/mol. The number of aliphatic hydroxyl groups excluding tert-OH is 1. The SMILES string of the molecule is CN(c1ccc(CO)nn1)C1CCCCC1. The molecule has 1 aliphatic rings. The summed E-state index contributed by atoms with van der Waals surface area (Å²) in [6, 6.07) is 4.37. The minimum Gasteiger partial charge on any atom is -0.390 e. The van der Waals surface area contributed by atoms with Crippen LogP contribution in [-0.4, -0.2) is 28.4 Å². The van der Waals surface area contributed by atoms with Gasteiger partial charge in [0.1, 0.15) is 0 Å². The van der Waals surface area contributed by atoms with Gasteiger partial charge in [-0.3, -0.25) is 0 Å². The van der Waals surface area contributed by atoms with E-state index in [0.717, 1.165) is 5.82 Å². The van der Waals surface area contributed by atoms with Gasteiger partial charge in [-0.2, -0.15) is 5.10 Å². The second-order valence-electron chi connectivity index (χ2n) is 4.44. The molecule has 1 aromatic rings. The van der Waals surface area contributed by atoms with Crippen molar-refractivity contribution in [3.8, 4) is 0 Å². The van der Waals surface area contributed by atoms with E-state index < -0.39 is 0 Å². The van der Waals surface area contributed by atoms with Crippen LogP contribution in [0.4, 0.5) is 5.82 Å². The van der Waals surface area contributed by atoms with Crippen LogP contribution in [0.2, 0.25) is 0 Å². The first-order valence-electron chi connectivity index (χ1n) is 5.97. The zero-order valence-electron chi connectivity index (χ0n) is 9.76. The summed E-state index contributed by atoms with van der Waals surface area (Å²) in [6.07, 6.45) is 6.49. The van der Waals surface area contributed by atoms with Gasteiger partial charge in [0.25, 0.3) is 0 Å². The normalized spacial score (nSPS) is 17.4. The molecule has 2 rings (SSSR count). The molecule has 0 unspecified atom stereocenters. The van der Waals surface area contributed by atoms with Gasteiger partial charge in [-0.15, -0.1) is 5.10 Å². The summed E-state index contributed by atoms with van der Waals surface area (Å²) in [5.41, 5.74) is 0.626. The molecule has 0 aliphatic heterocycles.